The zero-order valence-corrected chi connectivity index (χ0v) is 24.9. The van der Waals surface area contributed by atoms with Gasteiger partial charge >= 0.3 is 0 Å². The summed E-state index contributed by atoms with van der Waals surface area (Å²) in [5, 5.41) is 21.6. The van der Waals surface area contributed by atoms with E-state index in [1.807, 2.05) is 24.3 Å². The Labute approximate surface area is 254 Å². The van der Waals surface area contributed by atoms with E-state index in [-0.39, 0.29) is 5.41 Å². The van der Waals surface area contributed by atoms with E-state index >= 15 is 0 Å². The van der Waals surface area contributed by atoms with Crippen LogP contribution < -0.4 is 20.9 Å². The van der Waals surface area contributed by atoms with E-state index in [1.165, 1.54) is 50.6 Å². The number of nitrogens with one attached hydrogen (secondary N) is 3. The minimum absolute atomic E-state index is 0.286. The van der Waals surface area contributed by atoms with Crippen LogP contribution in [0.3, 0.4) is 0 Å². The zero-order chi connectivity index (χ0) is 28.5. The summed E-state index contributed by atoms with van der Waals surface area (Å²) in [5.41, 5.74) is 3.12. The van der Waals surface area contributed by atoms with Crippen molar-refractivity contribution in [3.63, 3.8) is 0 Å². The van der Waals surface area contributed by atoms with Gasteiger partial charge in [-0.1, -0.05) is 48.0 Å². The number of aromatic nitrogens is 2. The van der Waals surface area contributed by atoms with Crippen molar-refractivity contribution >= 4 is 29.1 Å². The molecule has 4 bridgehead atoms. The van der Waals surface area contributed by atoms with Gasteiger partial charge in [-0.25, -0.2) is 4.98 Å². The fraction of sp³-hybridized carbons (Fsp3) is 0.500. The van der Waals surface area contributed by atoms with Gasteiger partial charge in [-0.2, -0.15) is 10.2 Å². The molecule has 8 rings (SSSR count). The summed E-state index contributed by atoms with van der Waals surface area (Å²) in [6.45, 7) is 3.67. The first-order chi connectivity index (χ1) is 20.6. The van der Waals surface area contributed by atoms with Gasteiger partial charge in [0.15, 0.2) is 0 Å². The first kappa shape index (κ1) is 27.5. The molecule has 0 spiro atoms. The second-order valence-electron chi connectivity index (χ2n) is 13.1. The highest BCUT2D eigenvalue weighted by molar-refractivity contribution is 6.31. The Bertz CT molecular complexity index is 1420. The molecule has 8 heteroatoms. The number of piperidine rings is 1. The van der Waals surface area contributed by atoms with Crippen molar-refractivity contribution in [1.82, 2.24) is 15.3 Å². The van der Waals surface area contributed by atoms with Crippen molar-refractivity contribution in [3.8, 4) is 6.07 Å². The van der Waals surface area contributed by atoms with Gasteiger partial charge in [0.1, 0.15) is 17.5 Å². The first-order valence-electron chi connectivity index (χ1n) is 15.6. The lowest BCUT2D eigenvalue weighted by molar-refractivity contribution is -0.0725. The second kappa shape index (κ2) is 11.7. The molecule has 1 aliphatic heterocycles. The van der Waals surface area contributed by atoms with Crippen molar-refractivity contribution < 1.29 is 0 Å². The van der Waals surface area contributed by atoms with Crippen LogP contribution in [-0.2, 0) is 6.54 Å². The van der Waals surface area contributed by atoms with Crippen LogP contribution in [0.1, 0.15) is 56.1 Å². The molecule has 7 nitrogen and oxygen atoms in total. The number of anilines is 3. The molecule has 0 radical (unpaired) electrons. The molecule has 42 heavy (non-hydrogen) atoms. The smallest absolute Gasteiger partial charge is 0.224 e. The Hall–Kier alpha value is -3.34. The van der Waals surface area contributed by atoms with Gasteiger partial charge in [-0.3, -0.25) is 0 Å². The molecule has 4 saturated carbocycles. The van der Waals surface area contributed by atoms with Crippen LogP contribution in [0.2, 0.25) is 5.02 Å². The fourth-order valence-corrected chi connectivity index (χ4v) is 8.87. The summed E-state index contributed by atoms with van der Waals surface area (Å²) in [4.78, 5) is 11.6. The van der Waals surface area contributed by atoms with Gasteiger partial charge in [0.2, 0.25) is 5.95 Å². The summed E-state index contributed by atoms with van der Waals surface area (Å²) in [5.74, 6) is 3.46. The maximum atomic E-state index is 9.77. The van der Waals surface area contributed by atoms with E-state index in [2.05, 4.69) is 62.2 Å². The molecule has 3 N–H and O–H groups in total. The summed E-state index contributed by atoms with van der Waals surface area (Å²) in [6.07, 6.45) is 10.6. The summed E-state index contributed by atoms with van der Waals surface area (Å²) in [6, 6.07) is 22.2. The van der Waals surface area contributed by atoms with E-state index in [4.69, 9.17) is 16.6 Å². The molecular weight excluding hydrogens is 542 g/mol. The summed E-state index contributed by atoms with van der Waals surface area (Å²) in [7, 11) is 0. The van der Waals surface area contributed by atoms with E-state index in [0.29, 0.717) is 41.0 Å². The lowest BCUT2D eigenvalue weighted by Crippen LogP contribution is -2.61. The molecule has 5 atom stereocenters. The van der Waals surface area contributed by atoms with Gasteiger partial charge in [0.05, 0.1) is 6.20 Å². The van der Waals surface area contributed by atoms with Crippen LogP contribution in [0.4, 0.5) is 17.5 Å². The number of nitrogens with zero attached hydrogens (tertiary/aromatic N) is 4. The number of hydrogen-bond donors (Lipinski definition) is 3. The fourth-order valence-electron chi connectivity index (χ4n) is 8.67. The Kier molecular flexibility index (Phi) is 7.68. The normalized spacial score (nSPS) is 28.4. The van der Waals surface area contributed by atoms with E-state index in [9.17, 15) is 5.26 Å². The predicted octanol–water partition coefficient (Wildman–Crippen LogP) is 6.48. The molecule has 0 amide bonds. The van der Waals surface area contributed by atoms with Crippen molar-refractivity contribution in [2.75, 3.05) is 35.2 Å². The second-order valence-corrected chi connectivity index (χ2v) is 13.5. The first-order valence-corrected chi connectivity index (χ1v) is 16.0. The summed E-state index contributed by atoms with van der Waals surface area (Å²) >= 11 is 6.32. The number of nitriles is 1. The average Bonchev–Trinajstić information content (AvgIpc) is 3.02. The summed E-state index contributed by atoms with van der Waals surface area (Å²) < 4.78 is 0. The van der Waals surface area contributed by atoms with Crippen LogP contribution in [0.15, 0.2) is 60.8 Å². The number of para-hydroxylation sites is 1. The zero-order valence-electron chi connectivity index (χ0n) is 24.1. The van der Waals surface area contributed by atoms with Gasteiger partial charge < -0.3 is 20.9 Å². The number of hydrogen-bond acceptors (Lipinski definition) is 7. The van der Waals surface area contributed by atoms with Gasteiger partial charge in [0, 0.05) is 49.0 Å². The maximum absolute atomic E-state index is 9.77. The Morgan fingerprint density at radius 3 is 2.43 bits per heavy atom. The molecule has 3 aromatic rings. The Morgan fingerprint density at radius 2 is 1.69 bits per heavy atom. The minimum Gasteiger partial charge on any atom is -0.371 e. The highest BCUT2D eigenvalue weighted by Gasteiger charge is 2.55. The topological polar surface area (TPSA) is 88.9 Å². The molecule has 1 aromatic heterocycles. The van der Waals surface area contributed by atoms with Crippen LogP contribution in [0, 0.1) is 34.5 Å². The predicted molar refractivity (Wildman–Crippen MR) is 169 cm³/mol. The van der Waals surface area contributed by atoms with Gasteiger partial charge in [-0.05, 0) is 91.9 Å². The lowest BCUT2D eigenvalue weighted by Gasteiger charge is -2.61. The molecule has 2 aromatic carbocycles. The Morgan fingerprint density at radius 1 is 0.952 bits per heavy atom. The quantitative estimate of drug-likeness (QED) is 0.266. The van der Waals surface area contributed by atoms with Crippen molar-refractivity contribution in [3.05, 3.63) is 76.9 Å². The molecule has 218 valence electrons. The van der Waals surface area contributed by atoms with Crippen LogP contribution >= 0.6 is 11.6 Å². The van der Waals surface area contributed by atoms with Gasteiger partial charge in [0.25, 0.3) is 0 Å². The van der Waals surface area contributed by atoms with Crippen molar-refractivity contribution in [2.45, 2.75) is 63.6 Å². The highest BCUT2D eigenvalue weighted by Crippen LogP contribution is 2.60. The number of rotatable bonds is 9. The SMILES string of the molecule is N#Cc1cnc(NCc2ccccc2Cl)nc1NC[C@]12CC3C[C@H](C1)[C@@H](NC1CCN(c4ccccc4)CC1)[C@@H](C3)C2. The third-order valence-corrected chi connectivity index (χ3v) is 10.7. The third kappa shape index (κ3) is 5.67. The van der Waals surface area contributed by atoms with Crippen molar-refractivity contribution in [2.24, 2.45) is 23.2 Å². The third-order valence-electron chi connectivity index (χ3n) is 10.4. The molecule has 1 saturated heterocycles. The minimum atomic E-state index is 0.286. The molecular formula is C34H40ClN7. The van der Waals surface area contributed by atoms with E-state index in [1.54, 1.807) is 6.20 Å². The molecule has 5 aliphatic rings. The molecule has 5 fully saturated rings. The number of benzene rings is 2. The standard InChI is InChI=1S/C34H40ClN7/c35-30-9-5-4-6-24(30)20-37-33-38-21-27(19-36)32(41-33)39-22-34-16-23-14-25(17-34)31(26(15-23)18-34)40-28-10-12-42(13-11-28)29-7-2-1-3-8-29/h1-9,21,23,25-26,28,31,40H,10-18,20,22H2,(H2,37,38,39,41)/t23?,25-,26+,31-,34-. The van der Waals surface area contributed by atoms with E-state index < -0.39 is 0 Å². The molecule has 1 unspecified atom stereocenters. The van der Waals surface area contributed by atoms with Crippen molar-refractivity contribution in [1.29, 1.82) is 5.26 Å². The van der Waals surface area contributed by atoms with Crippen LogP contribution in [0.5, 0.6) is 0 Å². The van der Waals surface area contributed by atoms with Crippen LogP contribution in [0.25, 0.3) is 0 Å². The van der Waals surface area contributed by atoms with Gasteiger partial charge in [-0.15, -0.1) is 0 Å². The molecule has 4 aliphatic carbocycles. The Balaban J connectivity index is 0.970. The average molecular weight is 582 g/mol. The monoisotopic (exact) mass is 581 g/mol. The largest absolute Gasteiger partial charge is 0.371 e. The maximum Gasteiger partial charge on any atom is 0.224 e. The van der Waals surface area contributed by atoms with E-state index in [0.717, 1.165) is 43.0 Å². The molecule has 2 heterocycles. The van der Waals surface area contributed by atoms with Crippen LogP contribution in [-0.4, -0.2) is 41.7 Å². The lowest BCUT2D eigenvalue weighted by atomic mass is 9.48. The highest BCUT2D eigenvalue weighted by atomic mass is 35.5. The number of halogens is 1.